The second kappa shape index (κ2) is 8.90. The maximum absolute atomic E-state index is 12.4. The summed E-state index contributed by atoms with van der Waals surface area (Å²) in [5, 5.41) is 1.69. The van der Waals surface area contributed by atoms with Crippen LogP contribution in [0.25, 0.3) is 27.7 Å². The molecule has 0 radical (unpaired) electrons. The smallest absolute Gasteiger partial charge is 0.266 e. The van der Waals surface area contributed by atoms with Gasteiger partial charge in [0, 0.05) is 23.2 Å². The molecule has 0 fully saturated rings. The van der Waals surface area contributed by atoms with Gasteiger partial charge in [0.05, 0.1) is 24.7 Å². The third-order valence-corrected chi connectivity index (χ3v) is 6.20. The monoisotopic (exact) mass is 455 g/mol. The van der Waals surface area contributed by atoms with E-state index in [9.17, 15) is 8.76 Å². The van der Waals surface area contributed by atoms with Gasteiger partial charge in [0.25, 0.3) is 11.3 Å². The summed E-state index contributed by atoms with van der Waals surface area (Å²) in [6.45, 7) is 0. The molecule has 0 aliphatic carbocycles. The summed E-state index contributed by atoms with van der Waals surface area (Å²) in [7, 11) is 1.58. The van der Waals surface area contributed by atoms with Crippen LogP contribution in [0.5, 0.6) is 5.75 Å². The Morgan fingerprint density at radius 3 is 2.27 bits per heavy atom. The van der Waals surface area contributed by atoms with Gasteiger partial charge in [-0.3, -0.25) is 4.55 Å². The molecule has 0 aliphatic heterocycles. The number of ether oxygens (including phenoxy) is 1. The van der Waals surface area contributed by atoms with E-state index in [4.69, 9.17) is 9.72 Å². The van der Waals surface area contributed by atoms with E-state index < -0.39 is 11.3 Å². The predicted octanol–water partition coefficient (Wildman–Crippen LogP) is 5.98. The van der Waals surface area contributed by atoms with Crippen molar-refractivity contribution in [1.82, 2.24) is 9.55 Å². The van der Waals surface area contributed by atoms with Crippen LogP contribution in [-0.2, 0) is 11.3 Å². The predicted molar refractivity (Wildman–Crippen MR) is 132 cm³/mol. The highest BCUT2D eigenvalue weighted by Gasteiger charge is 2.20. The van der Waals surface area contributed by atoms with E-state index in [0.717, 1.165) is 27.7 Å². The fourth-order valence-corrected chi connectivity index (χ4v) is 4.51. The van der Waals surface area contributed by atoms with Crippen molar-refractivity contribution in [2.24, 2.45) is 0 Å². The number of nitrogens with zero attached hydrogens (tertiary/aromatic N) is 3. The fourth-order valence-electron chi connectivity index (χ4n) is 3.89. The summed E-state index contributed by atoms with van der Waals surface area (Å²) in [5.41, 5.74) is 3.31. The molecular formula is C26H21N3O3S. The van der Waals surface area contributed by atoms with E-state index in [0.29, 0.717) is 17.1 Å². The number of aromatic nitrogens is 2. The van der Waals surface area contributed by atoms with Gasteiger partial charge in [-0.05, 0) is 41.5 Å². The van der Waals surface area contributed by atoms with Crippen LogP contribution in [0.2, 0.25) is 0 Å². The van der Waals surface area contributed by atoms with E-state index in [1.54, 1.807) is 37.6 Å². The Bertz CT molecular complexity index is 1430. The van der Waals surface area contributed by atoms with Gasteiger partial charge in [-0.25, -0.2) is 13.5 Å². The average Bonchev–Trinajstić information content (AvgIpc) is 3.35. The van der Waals surface area contributed by atoms with Crippen LogP contribution < -0.4 is 9.04 Å². The lowest BCUT2D eigenvalue weighted by atomic mass is 10.1. The molecule has 2 aromatic heterocycles. The zero-order valence-electron chi connectivity index (χ0n) is 17.8. The number of rotatable bonds is 6. The van der Waals surface area contributed by atoms with Crippen molar-refractivity contribution in [3.05, 3.63) is 104 Å². The van der Waals surface area contributed by atoms with E-state index >= 15 is 0 Å². The molecule has 1 N–H and O–H groups in total. The summed E-state index contributed by atoms with van der Waals surface area (Å²) >= 11 is -2.30. The summed E-state index contributed by atoms with van der Waals surface area (Å²) in [6, 6.07) is 26.9. The first kappa shape index (κ1) is 20.9. The van der Waals surface area contributed by atoms with Crippen LogP contribution in [0.15, 0.2) is 104 Å². The van der Waals surface area contributed by atoms with Crippen LogP contribution in [0.1, 0.15) is 0 Å². The van der Waals surface area contributed by atoms with Crippen LogP contribution in [-0.4, -0.2) is 25.4 Å². The first-order valence-corrected chi connectivity index (χ1v) is 11.4. The van der Waals surface area contributed by atoms with Gasteiger partial charge in [0.2, 0.25) is 0 Å². The fraction of sp³-hybridized carbons (Fsp3) is 0.0385. The van der Waals surface area contributed by atoms with Crippen molar-refractivity contribution < 1.29 is 13.5 Å². The molecule has 0 amide bonds. The molecular weight excluding hydrogens is 434 g/mol. The molecule has 0 aliphatic rings. The second-order valence-electron chi connectivity index (χ2n) is 7.41. The minimum absolute atomic E-state index is 0.538. The standard InChI is InChI=1S/C26H21N3O3S/c1-32-22-13-11-21(12-14-22)29(33(30)31)25-17-27-26(24-10-6-5-9-23(24)25)28-16-15-20(18-28)19-7-3-2-4-8-19/h2-18H,1H3,(H,30,31). The first-order valence-electron chi connectivity index (χ1n) is 10.3. The van der Waals surface area contributed by atoms with Crippen molar-refractivity contribution >= 4 is 33.4 Å². The highest BCUT2D eigenvalue weighted by atomic mass is 32.2. The zero-order chi connectivity index (χ0) is 22.8. The number of hydrogen-bond acceptors (Lipinski definition) is 3. The molecule has 0 saturated carbocycles. The zero-order valence-corrected chi connectivity index (χ0v) is 18.6. The van der Waals surface area contributed by atoms with Gasteiger partial charge in [-0.1, -0.05) is 54.6 Å². The number of methoxy groups -OCH3 is 1. The summed E-state index contributed by atoms with van der Waals surface area (Å²) < 4.78 is 31.1. The number of benzene rings is 3. The minimum Gasteiger partial charge on any atom is -0.497 e. The Kier molecular flexibility index (Phi) is 5.64. The second-order valence-corrected chi connectivity index (χ2v) is 8.24. The number of pyridine rings is 1. The molecule has 33 heavy (non-hydrogen) atoms. The Morgan fingerprint density at radius 1 is 0.879 bits per heavy atom. The van der Waals surface area contributed by atoms with E-state index in [1.165, 1.54) is 4.31 Å². The van der Waals surface area contributed by atoms with Crippen molar-refractivity contribution in [2.45, 2.75) is 0 Å². The molecule has 1 unspecified atom stereocenters. The molecule has 164 valence electrons. The Hall–Kier alpha value is -3.94. The van der Waals surface area contributed by atoms with Crippen LogP contribution >= 0.6 is 0 Å². The quantitative estimate of drug-likeness (QED) is 0.320. The first-order chi connectivity index (χ1) is 16.2. The normalized spacial score (nSPS) is 11.9. The van der Waals surface area contributed by atoms with E-state index in [1.807, 2.05) is 65.5 Å². The van der Waals surface area contributed by atoms with Gasteiger partial charge >= 0.3 is 0 Å². The maximum atomic E-state index is 12.4. The molecule has 6 nitrogen and oxygen atoms in total. The Morgan fingerprint density at radius 2 is 1.58 bits per heavy atom. The molecule has 0 bridgehead atoms. The lowest BCUT2D eigenvalue weighted by molar-refractivity contribution is 0.415. The third-order valence-electron chi connectivity index (χ3n) is 5.48. The van der Waals surface area contributed by atoms with E-state index in [2.05, 4.69) is 12.1 Å². The topological polar surface area (TPSA) is 67.6 Å². The summed E-state index contributed by atoms with van der Waals surface area (Å²) in [5.74, 6) is 1.41. The Balaban J connectivity index is 1.62. The van der Waals surface area contributed by atoms with Gasteiger partial charge in [0.1, 0.15) is 11.6 Å². The Labute approximate surface area is 194 Å². The average molecular weight is 456 g/mol. The molecule has 0 spiro atoms. The van der Waals surface area contributed by atoms with Crippen molar-refractivity contribution in [1.29, 1.82) is 0 Å². The van der Waals surface area contributed by atoms with Gasteiger partial charge in [-0.2, -0.15) is 0 Å². The number of anilines is 2. The van der Waals surface area contributed by atoms with Crippen molar-refractivity contribution in [3.8, 4) is 22.7 Å². The van der Waals surface area contributed by atoms with Gasteiger partial charge < -0.3 is 9.30 Å². The van der Waals surface area contributed by atoms with Crippen molar-refractivity contribution in [2.75, 3.05) is 11.4 Å². The highest BCUT2D eigenvalue weighted by Crippen LogP contribution is 2.36. The molecule has 5 aromatic rings. The number of hydrogen-bond donors (Lipinski definition) is 1. The molecule has 3 aromatic carbocycles. The summed E-state index contributed by atoms with van der Waals surface area (Å²) in [6.07, 6.45) is 5.65. The number of fused-ring (bicyclic) bond motifs is 1. The van der Waals surface area contributed by atoms with Crippen molar-refractivity contribution in [3.63, 3.8) is 0 Å². The van der Waals surface area contributed by atoms with Gasteiger partial charge in [-0.15, -0.1) is 0 Å². The summed E-state index contributed by atoms with van der Waals surface area (Å²) in [4.78, 5) is 4.70. The molecule has 7 heteroatoms. The lowest BCUT2D eigenvalue weighted by Crippen LogP contribution is -2.20. The molecule has 5 rings (SSSR count). The molecule has 0 saturated heterocycles. The minimum atomic E-state index is -2.30. The van der Waals surface area contributed by atoms with Gasteiger partial charge in [0.15, 0.2) is 0 Å². The largest absolute Gasteiger partial charge is 0.497 e. The lowest BCUT2D eigenvalue weighted by Gasteiger charge is -2.22. The SMILES string of the molecule is COc1ccc(N(c2cnc(-n3ccc(-c4ccccc4)c3)c3ccccc23)S(=O)O)cc1. The molecule has 1 atom stereocenters. The maximum Gasteiger partial charge on any atom is 0.266 e. The highest BCUT2D eigenvalue weighted by molar-refractivity contribution is 7.81. The van der Waals surface area contributed by atoms with Crippen LogP contribution in [0, 0.1) is 0 Å². The third kappa shape index (κ3) is 4.00. The van der Waals surface area contributed by atoms with Crippen LogP contribution in [0.3, 0.4) is 0 Å². The van der Waals surface area contributed by atoms with Crippen LogP contribution in [0.4, 0.5) is 11.4 Å². The molecule has 2 heterocycles. The van der Waals surface area contributed by atoms with E-state index in [-0.39, 0.29) is 0 Å².